The Morgan fingerprint density at radius 3 is 1.81 bits per heavy atom. The van der Waals surface area contributed by atoms with E-state index in [1.807, 2.05) is 13.8 Å². The second-order valence-corrected chi connectivity index (χ2v) is 7.73. The summed E-state index contributed by atoms with van der Waals surface area (Å²) in [5.41, 5.74) is 0. The summed E-state index contributed by atoms with van der Waals surface area (Å²) >= 11 is 0. The maximum Gasteiger partial charge on any atom is 0.225 e. The van der Waals surface area contributed by atoms with Crippen molar-refractivity contribution < 1.29 is 4.79 Å². The number of carbonyl (C=O) groups excluding carboxylic acids is 1. The zero-order chi connectivity index (χ0) is 15.4. The van der Waals surface area contributed by atoms with Crippen molar-refractivity contribution in [2.24, 2.45) is 17.8 Å². The fourth-order valence-electron chi connectivity index (χ4n) is 3.93. The van der Waals surface area contributed by atoms with Gasteiger partial charge in [0.1, 0.15) is 0 Å². The fraction of sp³-hybridized carbons (Fsp3) is 0.944. The van der Waals surface area contributed by atoms with Gasteiger partial charge in [-0.1, -0.05) is 13.8 Å². The molecule has 0 aromatic rings. The summed E-state index contributed by atoms with van der Waals surface area (Å²) in [5, 5.41) is 0. The molecule has 0 spiro atoms. The lowest BCUT2D eigenvalue weighted by Crippen LogP contribution is -2.42. The van der Waals surface area contributed by atoms with Crippen LogP contribution in [0.1, 0.15) is 59.8 Å². The number of rotatable bonds is 4. The molecule has 0 atom stereocenters. The SMILES string of the molecule is CC(C)C(=O)N1CCC(CC2CCN(C(C)C)CC2)CC1. The number of likely N-dealkylation sites (tertiary alicyclic amines) is 2. The van der Waals surface area contributed by atoms with Gasteiger partial charge in [-0.25, -0.2) is 0 Å². The molecule has 3 nitrogen and oxygen atoms in total. The van der Waals surface area contributed by atoms with Gasteiger partial charge >= 0.3 is 0 Å². The van der Waals surface area contributed by atoms with Crippen LogP contribution in [0.4, 0.5) is 0 Å². The Morgan fingerprint density at radius 1 is 0.905 bits per heavy atom. The lowest BCUT2D eigenvalue weighted by molar-refractivity contribution is -0.135. The molecule has 0 aromatic carbocycles. The van der Waals surface area contributed by atoms with Gasteiger partial charge in [0.2, 0.25) is 5.91 Å². The summed E-state index contributed by atoms with van der Waals surface area (Å²) in [7, 11) is 0. The lowest BCUT2D eigenvalue weighted by atomic mass is 9.82. The molecular formula is C18H34N2O. The Kier molecular flexibility index (Phi) is 6.09. The summed E-state index contributed by atoms with van der Waals surface area (Å²) in [6, 6.07) is 0.705. The molecule has 0 aromatic heterocycles. The third kappa shape index (κ3) is 4.70. The van der Waals surface area contributed by atoms with Crippen molar-refractivity contribution >= 4 is 5.91 Å². The average Bonchev–Trinajstić information content (AvgIpc) is 2.47. The van der Waals surface area contributed by atoms with E-state index in [1.54, 1.807) is 0 Å². The van der Waals surface area contributed by atoms with Gasteiger partial charge in [0.15, 0.2) is 0 Å². The number of hydrogen-bond donors (Lipinski definition) is 0. The van der Waals surface area contributed by atoms with E-state index in [4.69, 9.17) is 0 Å². The molecular weight excluding hydrogens is 260 g/mol. The van der Waals surface area contributed by atoms with Gasteiger partial charge in [0.05, 0.1) is 0 Å². The molecule has 0 unspecified atom stereocenters. The van der Waals surface area contributed by atoms with Crippen molar-refractivity contribution in [3.05, 3.63) is 0 Å². The Hall–Kier alpha value is -0.570. The Balaban J connectivity index is 1.69. The first-order valence-corrected chi connectivity index (χ1v) is 9.00. The molecule has 0 bridgehead atoms. The molecule has 122 valence electrons. The maximum absolute atomic E-state index is 12.0. The fourth-order valence-corrected chi connectivity index (χ4v) is 3.93. The van der Waals surface area contributed by atoms with E-state index < -0.39 is 0 Å². The van der Waals surface area contributed by atoms with Gasteiger partial charge in [-0.15, -0.1) is 0 Å². The first-order chi connectivity index (χ1) is 9.97. The smallest absolute Gasteiger partial charge is 0.225 e. The van der Waals surface area contributed by atoms with E-state index in [-0.39, 0.29) is 5.92 Å². The summed E-state index contributed by atoms with van der Waals surface area (Å²) in [6.07, 6.45) is 6.61. The van der Waals surface area contributed by atoms with E-state index in [1.165, 1.54) is 45.2 Å². The van der Waals surface area contributed by atoms with Crippen LogP contribution in [0, 0.1) is 17.8 Å². The monoisotopic (exact) mass is 294 g/mol. The van der Waals surface area contributed by atoms with Crippen molar-refractivity contribution in [1.82, 2.24) is 9.80 Å². The molecule has 2 aliphatic heterocycles. The number of carbonyl (C=O) groups is 1. The van der Waals surface area contributed by atoms with Crippen molar-refractivity contribution in [1.29, 1.82) is 0 Å². The van der Waals surface area contributed by atoms with Crippen molar-refractivity contribution in [3.63, 3.8) is 0 Å². The van der Waals surface area contributed by atoms with Crippen molar-refractivity contribution in [2.45, 2.75) is 65.8 Å². The van der Waals surface area contributed by atoms with Crippen LogP contribution in [0.15, 0.2) is 0 Å². The molecule has 0 radical (unpaired) electrons. The number of nitrogens with zero attached hydrogens (tertiary/aromatic N) is 2. The average molecular weight is 294 g/mol. The predicted octanol–water partition coefficient (Wildman–Crippen LogP) is 3.39. The molecule has 21 heavy (non-hydrogen) atoms. The quantitative estimate of drug-likeness (QED) is 0.793. The Morgan fingerprint density at radius 2 is 1.38 bits per heavy atom. The standard InChI is InChI=1S/C18H34N2O/c1-14(2)18(21)20-11-7-17(8-12-20)13-16-5-9-19(10-6-16)15(3)4/h14-17H,5-13H2,1-4H3. The van der Waals surface area contributed by atoms with Gasteiger partial charge in [-0.05, 0) is 70.9 Å². The summed E-state index contributed by atoms with van der Waals surface area (Å²) in [4.78, 5) is 16.7. The van der Waals surface area contributed by atoms with E-state index in [9.17, 15) is 4.79 Å². The summed E-state index contributed by atoms with van der Waals surface area (Å²) in [6.45, 7) is 13.2. The third-order valence-electron chi connectivity index (χ3n) is 5.47. The number of hydrogen-bond acceptors (Lipinski definition) is 2. The minimum Gasteiger partial charge on any atom is -0.342 e. The molecule has 3 heteroatoms. The van der Waals surface area contributed by atoms with Crippen LogP contribution in [0.5, 0.6) is 0 Å². The van der Waals surface area contributed by atoms with Crippen molar-refractivity contribution in [3.8, 4) is 0 Å². The normalized spacial score (nSPS) is 23.2. The highest BCUT2D eigenvalue weighted by Crippen LogP contribution is 2.30. The number of piperidine rings is 2. The van der Waals surface area contributed by atoms with E-state index in [0.717, 1.165) is 24.9 Å². The minimum atomic E-state index is 0.155. The molecule has 1 amide bonds. The molecule has 2 saturated heterocycles. The molecule has 0 N–H and O–H groups in total. The molecule has 2 aliphatic rings. The van der Waals surface area contributed by atoms with Gasteiger partial charge in [-0.3, -0.25) is 4.79 Å². The second kappa shape index (κ2) is 7.62. The Bertz CT molecular complexity index is 324. The third-order valence-corrected chi connectivity index (χ3v) is 5.47. The van der Waals surface area contributed by atoms with Crippen LogP contribution in [-0.4, -0.2) is 47.9 Å². The molecule has 2 fully saturated rings. The number of amides is 1. The van der Waals surface area contributed by atoms with Crippen LogP contribution < -0.4 is 0 Å². The highest BCUT2D eigenvalue weighted by atomic mass is 16.2. The highest BCUT2D eigenvalue weighted by Gasteiger charge is 2.28. The van der Waals surface area contributed by atoms with Crippen LogP contribution in [0.3, 0.4) is 0 Å². The highest BCUT2D eigenvalue weighted by molar-refractivity contribution is 5.78. The van der Waals surface area contributed by atoms with Crippen LogP contribution >= 0.6 is 0 Å². The van der Waals surface area contributed by atoms with E-state index in [0.29, 0.717) is 11.9 Å². The van der Waals surface area contributed by atoms with Gasteiger partial charge in [0, 0.05) is 25.0 Å². The Labute approximate surface area is 131 Å². The van der Waals surface area contributed by atoms with Crippen molar-refractivity contribution in [2.75, 3.05) is 26.2 Å². The van der Waals surface area contributed by atoms with Gasteiger partial charge in [0.25, 0.3) is 0 Å². The van der Waals surface area contributed by atoms with Crippen LogP contribution in [0.2, 0.25) is 0 Å². The van der Waals surface area contributed by atoms with E-state index in [2.05, 4.69) is 23.6 Å². The summed E-state index contributed by atoms with van der Waals surface area (Å²) < 4.78 is 0. The topological polar surface area (TPSA) is 23.6 Å². The molecule has 0 saturated carbocycles. The van der Waals surface area contributed by atoms with Crippen LogP contribution in [0.25, 0.3) is 0 Å². The maximum atomic E-state index is 12.0. The summed E-state index contributed by atoms with van der Waals surface area (Å²) in [5.74, 6) is 2.29. The lowest BCUT2D eigenvalue weighted by Gasteiger charge is -2.38. The second-order valence-electron chi connectivity index (χ2n) is 7.73. The molecule has 2 rings (SSSR count). The minimum absolute atomic E-state index is 0.155. The predicted molar refractivity (Wildman–Crippen MR) is 88.2 cm³/mol. The zero-order valence-corrected chi connectivity index (χ0v) is 14.5. The largest absolute Gasteiger partial charge is 0.342 e. The molecule has 0 aliphatic carbocycles. The first-order valence-electron chi connectivity index (χ1n) is 9.00. The molecule has 2 heterocycles. The zero-order valence-electron chi connectivity index (χ0n) is 14.5. The van der Waals surface area contributed by atoms with Gasteiger partial charge in [-0.2, -0.15) is 0 Å². The van der Waals surface area contributed by atoms with Gasteiger partial charge < -0.3 is 9.80 Å². The van der Waals surface area contributed by atoms with E-state index >= 15 is 0 Å². The first kappa shape index (κ1) is 16.8. The van der Waals surface area contributed by atoms with Crippen LogP contribution in [-0.2, 0) is 4.79 Å².